The van der Waals surface area contributed by atoms with E-state index < -0.39 is 0 Å². The highest BCUT2D eigenvalue weighted by Crippen LogP contribution is 2.36. The van der Waals surface area contributed by atoms with Crippen LogP contribution in [0.2, 0.25) is 0 Å². The Hall–Kier alpha value is -3.52. The monoisotopic (exact) mass is 343 g/mol. The molecule has 0 unspecified atom stereocenters. The Labute approximate surface area is 151 Å². The molecule has 0 saturated carbocycles. The van der Waals surface area contributed by atoms with Crippen LogP contribution in [0.4, 0.5) is 0 Å². The zero-order valence-corrected chi connectivity index (χ0v) is 14.6. The van der Waals surface area contributed by atoms with Crippen molar-refractivity contribution >= 4 is 22.7 Å². The van der Waals surface area contributed by atoms with Gasteiger partial charge in [-0.3, -0.25) is 0 Å². The molecule has 1 aromatic heterocycles. The quantitative estimate of drug-likeness (QED) is 0.675. The molecular formula is C21H17N3O2. The zero-order valence-electron chi connectivity index (χ0n) is 14.6. The Kier molecular flexibility index (Phi) is 3.94. The highest BCUT2D eigenvalue weighted by atomic mass is 16.5. The number of rotatable bonds is 3. The first-order valence-electron chi connectivity index (χ1n) is 8.25. The lowest BCUT2D eigenvalue weighted by molar-refractivity contribution is 0.318. The number of imidazole rings is 1. The lowest BCUT2D eigenvalue weighted by Gasteiger charge is -2.18. The van der Waals surface area contributed by atoms with E-state index >= 15 is 0 Å². The van der Waals surface area contributed by atoms with Gasteiger partial charge in [-0.1, -0.05) is 24.3 Å². The van der Waals surface area contributed by atoms with Crippen LogP contribution < -0.4 is 9.47 Å². The Bertz CT molecular complexity index is 1100. The number of aromatic nitrogens is 2. The van der Waals surface area contributed by atoms with Gasteiger partial charge in [0.25, 0.3) is 0 Å². The molecule has 0 fully saturated rings. The van der Waals surface area contributed by atoms with Gasteiger partial charge >= 0.3 is 0 Å². The van der Waals surface area contributed by atoms with E-state index in [1.807, 2.05) is 66.2 Å². The second kappa shape index (κ2) is 6.41. The molecule has 4 rings (SSSR count). The van der Waals surface area contributed by atoms with E-state index in [9.17, 15) is 5.26 Å². The summed E-state index contributed by atoms with van der Waals surface area (Å²) < 4.78 is 13.1. The number of benzene rings is 2. The lowest BCUT2D eigenvalue weighted by atomic mass is 10.0. The molecule has 1 aliphatic rings. The molecule has 0 atom stereocenters. The van der Waals surface area contributed by atoms with Crippen LogP contribution >= 0.6 is 0 Å². The minimum atomic E-state index is 0.377. The standard InChI is InChI=1S/C21H17N3O2/c1-24-18-8-4-3-7-17(18)23-21(24)16(12-22)11-14-10-15-6-5-9-19(25-2)20(15)26-13-14/h3-11H,13H2,1-2H3/b16-11-. The molecule has 128 valence electrons. The van der Waals surface area contributed by atoms with Gasteiger partial charge in [0.15, 0.2) is 17.3 Å². The highest BCUT2D eigenvalue weighted by Gasteiger charge is 2.17. The summed E-state index contributed by atoms with van der Waals surface area (Å²) in [5.41, 5.74) is 4.21. The van der Waals surface area contributed by atoms with Crippen molar-refractivity contribution in [2.45, 2.75) is 0 Å². The number of methoxy groups -OCH3 is 1. The first kappa shape index (κ1) is 16.0. The van der Waals surface area contributed by atoms with Crippen LogP contribution in [-0.2, 0) is 7.05 Å². The molecule has 0 radical (unpaired) electrons. The molecule has 26 heavy (non-hydrogen) atoms. The van der Waals surface area contributed by atoms with Crippen LogP contribution in [0.15, 0.2) is 54.1 Å². The number of fused-ring (bicyclic) bond motifs is 2. The average molecular weight is 343 g/mol. The summed E-state index contributed by atoms with van der Waals surface area (Å²) in [6.07, 6.45) is 3.85. The van der Waals surface area contributed by atoms with E-state index in [1.54, 1.807) is 7.11 Å². The number of ether oxygens (including phenoxy) is 2. The smallest absolute Gasteiger partial charge is 0.168 e. The van der Waals surface area contributed by atoms with Gasteiger partial charge in [0.05, 0.1) is 23.7 Å². The van der Waals surface area contributed by atoms with Crippen molar-refractivity contribution in [3.8, 4) is 17.6 Å². The van der Waals surface area contributed by atoms with Gasteiger partial charge in [0.2, 0.25) is 0 Å². The molecule has 2 heterocycles. The highest BCUT2D eigenvalue weighted by molar-refractivity contribution is 5.85. The third-order valence-electron chi connectivity index (χ3n) is 4.43. The number of hydrogen-bond acceptors (Lipinski definition) is 4. The van der Waals surface area contributed by atoms with Crippen molar-refractivity contribution in [3.63, 3.8) is 0 Å². The number of nitriles is 1. The van der Waals surface area contributed by atoms with E-state index in [2.05, 4.69) is 11.1 Å². The number of hydrogen-bond donors (Lipinski definition) is 0. The van der Waals surface area contributed by atoms with Crippen LogP contribution in [0.3, 0.4) is 0 Å². The zero-order chi connectivity index (χ0) is 18.1. The van der Waals surface area contributed by atoms with Crippen molar-refractivity contribution in [2.24, 2.45) is 7.05 Å². The number of aryl methyl sites for hydroxylation is 1. The van der Waals surface area contributed by atoms with Crippen LogP contribution in [-0.4, -0.2) is 23.3 Å². The Morgan fingerprint density at radius 2 is 2.12 bits per heavy atom. The SMILES string of the molecule is COc1cccc2c1OCC(/C=C(/C#N)c1nc3ccccc3n1C)=C2. The molecule has 0 bridgehead atoms. The van der Waals surface area contributed by atoms with Gasteiger partial charge in [-0.05, 0) is 35.9 Å². The molecule has 5 heteroatoms. The van der Waals surface area contributed by atoms with Crippen molar-refractivity contribution in [1.29, 1.82) is 5.26 Å². The predicted octanol–water partition coefficient (Wildman–Crippen LogP) is 3.96. The molecular weight excluding hydrogens is 326 g/mol. The maximum absolute atomic E-state index is 9.68. The Morgan fingerprint density at radius 3 is 2.88 bits per heavy atom. The van der Waals surface area contributed by atoms with Crippen LogP contribution in [0.25, 0.3) is 22.7 Å². The van der Waals surface area contributed by atoms with Crippen LogP contribution in [0.1, 0.15) is 11.4 Å². The summed E-state index contributed by atoms with van der Waals surface area (Å²) in [5, 5.41) is 9.68. The average Bonchev–Trinajstić information content (AvgIpc) is 3.02. The first-order chi connectivity index (χ1) is 12.7. The number of para-hydroxylation sites is 3. The third-order valence-corrected chi connectivity index (χ3v) is 4.43. The molecule has 0 aliphatic carbocycles. The number of nitrogens with zero attached hydrogens (tertiary/aromatic N) is 3. The first-order valence-corrected chi connectivity index (χ1v) is 8.25. The van der Waals surface area contributed by atoms with Gasteiger partial charge < -0.3 is 14.0 Å². The fourth-order valence-corrected chi connectivity index (χ4v) is 3.16. The van der Waals surface area contributed by atoms with Crippen molar-refractivity contribution in [3.05, 3.63) is 65.5 Å². The molecule has 0 spiro atoms. The van der Waals surface area contributed by atoms with E-state index in [0.29, 0.717) is 23.8 Å². The summed E-state index contributed by atoms with van der Waals surface area (Å²) in [4.78, 5) is 4.60. The summed E-state index contributed by atoms with van der Waals surface area (Å²) in [6.45, 7) is 0.377. The maximum Gasteiger partial charge on any atom is 0.168 e. The minimum absolute atomic E-state index is 0.377. The van der Waals surface area contributed by atoms with Gasteiger partial charge in [0, 0.05) is 12.6 Å². The van der Waals surface area contributed by atoms with Crippen LogP contribution in [0.5, 0.6) is 11.5 Å². The topological polar surface area (TPSA) is 60.1 Å². The van der Waals surface area contributed by atoms with Gasteiger partial charge in [-0.2, -0.15) is 5.26 Å². The van der Waals surface area contributed by atoms with E-state index in [0.717, 1.165) is 27.9 Å². The third kappa shape index (κ3) is 2.62. The largest absolute Gasteiger partial charge is 0.493 e. The fraction of sp³-hybridized carbons (Fsp3) is 0.143. The van der Waals surface area contributed by atoms with Crippen molar-refractivity contribution < 1.29 is 9.47 Å². The van der Waals surface area contributed by atoms with E-state index in [4.69, 9.17) is 9.47 Å². The molecule has 1 aliphatic heterocycles. The van der Waals surface area contributed by atoms with Crippen molar-refractivity contribution in [2.75, 3.05) is 13.7 Å². The van der Waals surface area contributed by atoms with Crippen molar-refractivity contribution in [1.82, 2.24) is 9.55 Å². The van der Waals surface area contributed by atoms with Crippen LogP contribution in [0, 0.1) is 11.3 Å². The second-order valence-electron chi connectivity index (χ2n) is 6.04. The summed E-state index contributed by atoms with van der Waals surface area (Å²) in [5.74, 6) is 2.08. The predicted molar refractivity (Wildman–Crippen MR) is 101 cm³/mol. The summed E-state index contributed by atoms with van der Waals surface area (Å²) in [6, 6.07) is 15.9. The lowest BCUT2D eigenvalue weighted by Crippen LogP contribution is -2.08. The Balaban J connectivity index is 1.77. The van der Waals surface area contributed by atoms with Gasteiger partial charge in [-0.25, -0.2) is 4.98 Å². The molecule has 0 amide bonds. The summed E-state index contributed by atoms with van der Waals surface area (Å²) >= 11 is 0. The second-order valence-corrected chi connectivity index (χ2v) is 6.04. The molecule has 0 N–H and O–H groups in total. The normalized spacial score (nSPS) is 13.6. The molecule has 3 aromatic rings. The maximum atomic E-state index is 9.68. The fourth-order valence-electron chi connectivity index (χ4n) is 3.16. The minimum Gasteiger partial charge on any atom is -0.493 e. The molecule has 0 saturated heterocycles. The molecule has 2 aromatic carbocycles. The van der Waals surface area contributed by atoms with Gasteiger partial charge in [-0.15, -0.1) is 0 Å². The van der Waals surface area contributed by atoms with E-state index in [1.165, 1.54) is 0 Å². The Morgan fingerprint density at radius 1 is 1.27 bits per heavy atom. The number of allylic oxidation sites excluding steroid dienone is 1. The van der Waals surface area contributed by atoms with E-state index in [-0.39, 0.29) is 0 Å². The summed E-state index contributed by atoms with van der Waals surface area (Å²) in [7, 11) is 3.54. The molecule has 5 nitrogen and oxygen atoms in total. The van der Waals surface area contributed by atoms with Gasteiger partial charge in [0.1, 0.15) is 12.7 Å².